The van der Waals surface area contributed by atoms with E-state index in [-0.39, 0.29) is 0 Å². The van der Waals surface area contributed by atoms with Crippen LogP contribution in [0.1, 0.15) is 132 Å². The molecular formula is C40H68N4. The molecule has 1 aromatic rings. The summed E-state index contributed by atoms with van der Waals surface area (Å²) in [7, 11) is 0. The van der Waals surface area contributed by atoms with Crippen LogP contribution in [0.5, 0.6) is 0 Å². The monoisotopic (exact) mass is 605 g/mol. The lowest BCUT2D eigenvalue weighted by molar-refractivity contribution is 0.0993. The summed E-state index contributed by atoms with van der Waals surface area (Å²) < 4.78 is 0. The Kier molecular flexibility index (Phi) is 17.0. The van der Waals surface area contributed by atoms with Crippen LogP contribution in [0.15, 0.2) is 66.7 Å². The van der Waals surface area contributed by atoms with Gasteiger partial charge in [0.15, 0.2) is 0 Å². The molecule has 0 bridgehead atoms. The maximum Gasteiger partial charge on any atom is 0.123 e. The van der Waals surface area contributed by atoms with Crippen molar-refractivity contribution < 1.29 is 0 Å². The highest BCUT2D eigenvalue weighted by Gasteiger charge is 2.35. The maximum atomic E-state index is 5.63. The minimum absolute atomic E-state index is 0.482. The van der Waals surface area contributed by atoms with Crippen LogP contribution in [0.25, 0.3) is 0 Å². The molecule has 0 amide bonds. The van der Waals surface area contributed by atoms with Gasteiger partial charge in [-0.2, -0.15) is 0 Å². The second-order valence-corrected chi connectivity index (χ2v) is 13.6. The molecule has 2 heterocycles. The molecule has 1 aliphatic heterocycles. The number of rotatable bonds is 15. The van der Waals surface area contributed by atoms with Gasteiger partial charge in [0.25, 0.3) is 0 Å². The molecule has 1 aromatic heterocycles. The third-order valence-corrected chi connectivity index (χ3v) is 10.5. The Hall–Kier alpha value is -2.49. The van der Waals surface area contributed by atoms with E-state index in [1.807, 2.05) is 12.1 Å². The minimum Gasteiger partial charge on any atom is -0.384 e. The van der Waals surface area contributed by atoms with Gasteiger partial charge in [-0.25, -0.2) is 4.98 Å². The van der Waals surface area contributed by atoms with E-state index in [2.05, 4.69) is 114 Å². The predicted octanol–water partition coefficient (Wildman–Crippen LogP) is 10.8. The van der Waals surface area contributed by atoms with Crippen molar-refractivity contribution in [1.82, 2.24) is 14.8 Å². The molecule has 5 atom stereocenters. The van der Waals surface area contributed by atoms with Gasteiger partial charge in [-0.15, -0.1) is 0 Å². The Morgan fingerprint density at radius 1 is 1.02 bits per heavy atom. The highest BCUT2D eigenvalue weighted by Crippen LogP contribution is 2.35. The summed E-state index contributed by atoms with van der Waals surface area (Å²) >= 11 is 0. The van der Waals surface area contributed by atoms with Gasteiger partial charge in [0.1, 0.15) is 5.82 Å². The van der Waals surface area contributed by atoms with Crippen LogP contribution in [0.2, 0.25) is 0 Å². The number of piperidine rings is 1. The molecule has 4 nitrogen and oxygen atoms in total. The largest absolute Gasteiger partial charge is 0.384 e. The molecule has 248 valence electrons. The minimum atomic E-state index is 0.482. The zero-order valence-electron chi connectivity index (χ0n) is 30.1. The van der Waals surface area contributed by atoms with Crippen molar-refractivity contribution in [2.24, 2.45) is 23.7 Å². The Morgan fingerprint density at radius 3 is 2.20 bits per heavy atom. The summed E-state index contributed by atoms with van der Waals surface area (Å²) in [5.74, 6) is 3.85. The molecule has 3 rings (SSSR count). The molecule has 5 unspecified atom stereocenters. The number of aromatic nitrogens is 1. The Morgan fingerprint density at radius 2 is 1.66 bits per heavy atom. The van der Waals surface area contributed by atoms with Crippen LogP contribution < -0.4 is 5.73 Å². The van der Waals surface area contributed by atoms with Gasteiger partial charge >= 0.3 is 0 Å². The van der Waals surface area contributed by atoms with E-state index in [0.29, 0.717) is 47.5 Å². The Labute approximate surface area is 273 Å². The zero-order valence-corrected chi connectivity index (χ0v) is 30.1. The van der Waals surface area contributed by atoms with Crippen molar-refractivity contribution in [3.8, 4) is 0 Å². The van der Waals surface area contributed by atoms with Crippen LogP contribution in [0.3, 0.4) is 0 Å². The first-order valence-corrected chi connectivity index (χ1v) is 18.1. The molecule has 44 heavy (non-hydrogen) atoms. The number of allylic oxidation sites excluding steroid dienone is 5. The summed E-state index contributed by atoms with van der Waals surface area (Å²) in [6.45, 7) is 27.6. The van der Waals surface area contributed by atoms with E-state index in [1.54, 1.807) is 6.20 Å². The first-order valence-electron chi connectivity index (χ1n) is 18.1. The van der Waals surface area contributed by atoms with Crippen molar-refractivity contribution in [3.05, 3.63) is 72.2 Å². The number of anilines is 1. The molecule has 0 spiro atoms. The number of nitrogen functional groups attached to an aromatic ring is 1. The lowest BCUT2D eigenvalue weighted by atomic mass is 9.81. The average Bonchev–Trinajstić information content (AvgIpc) is 3.04. The third kappa shape index (κ3) is 10.8. The number of hydrogen-bond donors (Lipinski definition) is 1. The van der Waals surface area contributed by atoms with E-state index in [9.17, 15) is 0 Å². The van der Waals surface area contributed by atoms with E-state index in [0.717, 1.165) is 19.5 Å². The van der Waals surface area contributed by atoms with Gasteiger partial charge in [0, 0.05) is 42.6 Å². The van der Waals surface area contributed by atoms with Gasteiger partial charge in [0.2, 0.25) is 0 Å². The Bertz CT molecular complexity index is 1040. The molecule has 1 aliphatic carbocycles. The lowest BCUT2D eigenvalue weighted by Gasteiger charge is -2.48. The molecule has 4 heteroatoms. The van der Waals surface area contributed by atoms with Crippen molar-refractivity contribution in [2.45, 2.75) is 138 Å². The van der Waals surface area contributed by atoms with E-state index >= 15 is 0 Å². The molecule has 0 saturated carbocycles. The number of likely N-dealkylation sites (tertiary alicyclic amines) is 1. The molecule has 2 N–H and O–H groups in total. The Balaban J connectivity index is 0.000000432. The predicted molar refractivity (Wildman–Crippen MR) is 194 cm³/mol. The summed E-state index contributed by atoms with van der Waals surface area (Å²) in [4.78, 5) is 9.39. The van der Waals surface area contributed by atoms with Gasteiger partial charge in [0.05, 0.1) is 6.04 Å². The fraction of sp³-hybridized carbons (Fsp3) is 0.675. The third-order valence-electron chi connectivity index (χ3n) is 10.5. The lowest BCUT2D eigenvalue weighted by Crippen LogP contribution is -2.50. The highest BCUT2D eigenvalue weighted by atomic mass is 15.2. The van der Waals surface area contributed by atoms with Gasteiger partial charge in [-0.05, 0) is 80.4 Å². The zero-order chi connectivity index (χ0) is 32.6. The van der Waals surface area contributed by atoms with Crippen LogP contribution in [0, 0.1) is 23.7 Å². The first-order chi connectivity index (χ1) is 21.1. The van der Waals surface area contributed by atoms with Gasteiger partial charge in [-0.1, -0.05) is 118 Å². The summed E-state index contributed by atoms with van der Waals surface area (Å²) in [5.41, 5.74) is 9.80. The number of hydrogen-bond acceptors (Lipinski definition) is 4. The number of nitrogens with zero attached hydrogens (tertiary/aromatic N) is 3. The number of nitrogens with two attached hydrogens (primary N) is 1. The molecule has 0 radical (unpaired) electrons. The summed E-state index contributed by atoms with van der Waals surface area (Å²) in [5, 5.41) is 0. The van der Waals surface area contributed by atoms with Crippen LogP contribution in [-0.4, -0.2) is 40.0 Å². The topological polar surface area (TPSA) is 45.4 Å². The van der Waals surface area contributed by atoms with Crippen LogP contribution >= 0.6 is 0 Å². The first kappa shape index (κ1) is 37.7. The molecule has 1 saturated heterocycles. The smallest absolute Gasteiger partial charge is 0.123 e. The van der Waals surface area contributed by atoms with Crippen molar-refractivity contribution >= 4 is 5.82 Å². The standard InChI is InChI=1S/C29H50N2.C11H18N2/c1-8-14-24(6)31(29-18-13-12-17-28(29)23(5)11-4)27-19-21-30(22-20-27)25(7)26(15-9-2)16-10-3;1-4-8(2)9(3)10-5-6-13-11(12)7-10/h12-14,17-18,23,26-29H,7-11,15-16,19-22H2,1-6H3;5-9H,4H2,1-3H3,(H2,12,13)/b24-14-;. The molecule has 2 aliphatic rings. The second-order valence-electron chi connectivity index (χ2n) is 13.6. The highest BCUT2D eigenvalue weighted by molar-refractivity contribution is 5.33. The van der Waals surface area contributed by atoms with Crippen LogP contribution in [0.4, 0.5) is 5.82 Å². The SMILES string of the molecule is C=C(C(CCC)CCC)N1CCC(N(/C(C)=C\CC)C2C=CC=CC2C(C)CC)CC1.CCC(C)C(C)c1ccnc(N)c1. The van der Waals surface area contributed by atoms with E-state index in [4.69, 9.17) is 5.73 Å². The van der Waals surface area contributed by atoms with E-state index in [1.165, 1.54) is 68.3 Å². The molecular weight excluding hydrogens is 536 g/mol. The average molecular weight is 605 g/mol. The number of pyridine rings is 1. The quantitative estimate of drug-likeness (QED) is 0.216. The fourth-order valence-electron chi connectivity index (χ4n) is 7.15. The summed E-state index contributed by atoms with van der Waals surface area (Å²) in [6, 6.07) is 5.12. The van der Waals surface area contributed by atoms with Crippen LogP contribution in [-0.2, 0) is 0 Å². The molecule has 0 aromatic carbocycles. The van der Waals surface area contributed by atoms with Crippen molar-refractivity contribution in [3.63, 3.8) is 0 Å². The maximum absolute atomic E-state index is 5.63. The van der Waals surface area contributed by atoms with Gasteiger partial charge < -0.3 is 15.5 Å². The van der Waals surface area contributed by atoms with E-state index < -0.39 is 0 Å². The van der Waals surface area contributed by atoms with Gasteiger partial charge in [-0.3, -0.25) is 0 Å². The second kappa shape index (κ2) is 19.8. The normalized spacial score (nSPS) is 21.0. The van der Waals surface area contributed by atoms with Crippen molar-refractivity contribution in [2.75, 3.05) is 18.8 Å². The molecule has 1 fully saturated rings. The van der Waals surface area contributed by atoms with Crippen molar-refractivity contribution in [1.29, 1.82) is 0 Å². The fourth-order valence-corrected chi connectivity index (χ4v) is 7.15. The summed E-state index contributed by atoms with van der Waals surface area (Å²) in [6.07, 6.45) is 24.8.